The fourth-order valence-electron chi connectivity index (χ4n) is 2.52. The van der Waals surface area contributed by atoms with Crippen molar-refractivity contribution >= 4 is 11.9 Å². The summed E-state index contributed by atoms with van der Waals surface area (Å²) in [5.74, 6) is -0.132. The van der Waals surface area contributed by atoms with Crippen molar-refractivity contribution in [2.24, 2.45) is 11.8 Å². The minimum atomic E-state index is -0.983. The van der Waals surface area contributed by atoms with Crippen molar-refractivity contribution < 1.29 is 14.7 Å². The summed E-state index contributed by atoms with van der Waals surface area (Å²) in [4.78, 5) is 22.2. The number of rotatable bonds is 5. The topological polar surface area (TPSA) is 66.4 Å². The summed E-state index contributed by atoms with van der Waals surface area (Å²) >= 11 is 0. The maximum Gasteiger partial charge on any atom is 0.325 e. The van der Waals surface area contributed by atoms with Gasteiger partial charge in [0.05, 0.1) is 0 Å². The van der Waals surface area contributed by atoms with E-state index in [4.69, 9.17) is 5.11 Å². The Kier molecular flexibility index (Phi) is 5.45. The summed E-state index contributed by atoms with van der Waals surface area (Å²) in [7, 11) is 0. The van der Waals surface area contributed by atoms with Crippen LogP contribution in [0.1, 0.15) is 52.4 Å². The van der Waals surface area contributed by atoms with Crippen LogP contribution in [0.25, 0.3) is 0 Å². The Hall–Kier alpha value is -1.06. The molecule has 1 rings (SSSR count). The smallest absolute Gasteiger partial charge is 0.325 e. The van der Waals surface area contributed by atoms with Gasteiger partial charge in [-0.15, -0.1) is 0 Å². The van der Waals surface area contributed by atoms with Crippen molar-refractivity contribution in [2.75, 3.05) is 0 Å². The van der Waals surface area contributed by atoms with Gasteiger partial charge in [-0.25, -0.2) is 0 Å². The van der Waals surface area contributed by atoms with Crippen LogP contribution in [0.2, 0.25) is 0 Å². The van der Waals surface area contributed by atoms with E-state index in [-0.39, 0.29) is 5.91 Å². The van der Waals surface area contributed by atoms with Crippen molar-refractivity contribution in [1.29, 1.82) is 0 Å². The minimum absolute atomic E-state index is 0.141. The molecule has 0 bridgehead atoms. The highest BCUT2D eigenvalue weighted by atomic mass is 16.4. The summed E-state index contributed by atoms with van der Waals surface area (Å²) in [5.41, 5.74) is 0. The number of amides is 1. The van der Waals surface area contributed by atoms with E-state index in [1.807, 2.05) is 0 Å². The Balaban J connectivity index is 2.31. The number of aliphatic carboxylic acids is 1. The summed E-state index contributed by atoms with van der Waals surface area (Å²) < 4.78 is 0. The molecule has 0 radical (unpaired) electrons. The van der Waals surface area contributed by atoms with Crippen molar-refractivity contribution in [2.45, 2.75) is 58.4 Å². The predicted octanol–water partition coefficient (Wildman–Crippen LogP) is 2.18. The Morgan fingerprint density at radius 2 is 1.82 bits per heavy atom. The molecule has 0 aromatic rings. The highest BCUT2D eigenvalue weighted by molar-refractivity contribution is 5.83. The second-order valence-corrected chi connectivity index (χ2v) is 5.21. The zero-order chi connectivity index (χ0) is 12.8. The van der Waals surface area contributed by atoms with E-state index >= 15 is 0 Å². The van der Waals surface area contributed by atoms with Crippen LogP contribution in [0, 0.1) is 11.8 Å². The largest absolute Gasteiger partial charge is 0.480 e. The van der Waals surface area contributed by atoms with Crippen LogP contribution in [0.4, 0.5) is 0 Å². The van der Waals surface area contributed by atoms with Crippen LogP contribution >= 0.6 is 0 Å². The molecule has 17 heavy (non-hydrogen) atoms. The lowest BCUT2D eigenvalue weighted by molar-refractivity contribution is -0.141. The molecule has 0 aliphatic heterocycles. The van der Waals surface area contributed by atoms with E-state index in [1.165, 1.54) is 39.0 Å². The predicted molar refractivity (Wildman–Crippen MR) is 65.6 cm³/mol. The Labute approximate surface area is 103 Å². The van der Waals surface area contributed by atoms with E-state index < -0.39 is 12.0 Å². The molecule has 1 saturated carbocycles. The van der Waals surface area contributed by atoms with Crippen LogP contribution in [-0.4, -0.2) is 23.0 Å². The molecule has 0 heterocycles. The van der Waals surface area contributed by atoms with Gasteiger partial charge >= 0.3 is 5.97 Å². The lowest BCUT2D eigenvalue weighted by Crippen LogP contribution is -2.39. The van der Waals surface area contributed by atoms with Gasteiger partial charge in [-0.1, -0.05) is 39.0 Å². The second-order valence-electron chi connectivity index (χ2n) is 5.21. The van der Waals surface area contributed by atoms with E-state index in [0.717, 1.165) is 0 Å². The van der Waals surface area contributed by atoms with Crippen LogP contribution in [0.5, 0.6) is 0 Å². The summed E-state index contributed by atoms with van der Waals surface area (Å²) in [5, 5.41) is 11.2. The molecule has 2 N–H and O–H groups in total. The number of carbonyl (C=O) groups is 2. The first-order valence-corrected chi connectivity index (χ1v) is 6.53. The average molecular weight is 241 g/mol. The van der Waals surface area contributed by atoms with E-state index in [2.05, 4.69) is 12.2 Å². The molecule has 4 heteroatoms. The molecule has 2 atom stereocenters. The Morgan fingerprint density at radius 1 is 1.24 bits per heavy atom. The Morgan fingerprint density at radius 3 is 2.35 bits per heavy atom. The minimum Gasteiger partial charge on any atom is -0.480 e. The molecule has 0 saturated heterocycles. The van der Waals surface area contributed by atoms with Gasteiger partial charge < -0.3 is 10.4 Å². The number of hydrogen-bond acceptors (Lipinski definition) is 2. The highest BCUT2D eigenvalue weighted by Gasteiger charge is 2.23. The fraction of sp³-hybridized carbons (Fsp3) is 0.846. The monoisotopic (exact) mass is 241 g/mol. The first-order chi connectivity index (χ1) is 8.00. The van der Waals surface area contributed by atoms with Crippen molar-refractivity contribution in [1.82, 2.24) is 5.32 Å². The Bertz CT molecular complexity index is 272. The van der Waals surface area contributed by atoms with Gasteiger partial charge in [-0.2, -0.15) is 0 Å². The van der Waals surface area contributed by atoms with Crippen molar-refractivity contribution in [3.05, 3.63) is 0 Å². The average Bonchev–Trinajstić information content (AvgIpc) is 2.29. The standard InChI is InChI=1S/C13H23NO3/c1-9(11-6-4-3-5-7-11)8-12(15)14-10(2)13(16)17/h9-11H,3-8H2,1-2H3,(H,14,15)(H,16,17). The fourth-order valence-corrected chi connectivity index (χ4v) is 2.52. The summed E-state index contributed by atoms with van der Waals surface area (Å²) in [6.45, 7) is 3.59. The molecule has 4 nitrogen and oxygen atoms in total. The SMILES string of the molecule is CC(NC(=O)CC(C)C1CCCCC1)C(=O)O. The van der Waals surface area contributed by atoms with Gasteiger partial charge in [-0.05, 0) is 18.8 Å². The van der Waals surface area contributed by atoms with Crippen LogP contribution in [-0.2, 0) is 9.59 Å². The number of hydrogen-bond donors (Lipinski definition) is 2. The number of carboxylic acid groups (broad SMARTS) is 1. The maximum atomic E-state index is 11.6. The molecule has 0 spiro atoms. The summed E-state index contributed by atoms with van der Waals surface area (Å²) in [6.07, 6.45) is 6.71. The number of carboxylic acids is 1. The van der Waals surface area contributed by atoms with E-state index in [1.54, 1.807) is 0 Å². The quantitative estimate of drug-likeness (QED) is 0.775. The van der Waals surface area contributed by atoms with Crippen molar-refractivity contribution in [3.8, 4) is 0 Å². The zero-order valence-corrected chi connectivity index (χ0v) is 10.7. The third-order valence-corrected chi connectivity index (χ3v) is 3.71. The maximum absolute atomic E-state index is 11.6. The van der Waals surface area contributed by atoms with Gasteiger partial charge in [-0.3, -0.25) is 9.59 Å². The molecule has 1 aliphatic rings. The molecule has 98 valence electrons. The van der Waals surface area contributed by atoms with Crippen LogP contribution in [0.3, 0.4) is 0 Å². The molecule has 1 fully saturated rings. The normalized spacial score (nSPS) is 20.6. The lowest BCUT2D eigenvalue weighted by Gasteiger charge is -2.27. The van der Waals surface area contributed by atoms with Crippen LogP contribution in [0.15, 0.2) is 0 Å². The van der Waals surface area contributed by atoms with Crippen molar-refractivity contribution in [3.63, 3.8) is 0 Å². The molecule has 1 aliphatic carbocycles. The molecular weight excluding hydrogens is 218 g/mol. The third-order valence-electron chi connectivity index (χ3n) is 3.71. The van der Waals surface area contributed by atoms with Gasteiger partial charge in [0.2, 0.25) is 5.91 Å². The first-order valence-electron chi connectivity index (χ1n) is 6.53. The van der Waals surface area contributed by atoms with E-state index in [9.17, 15) is 9.59 Å². The molecule has 0 aromatic carbocycles. The van der Waals surface area contributed by atoms with E-state index in [0.29, 0.717) is 18.3 Å². The second kappa shape index (κ2) is 6.62. The lowest BCUT2D eigenvalue weighted by atomic mass is 9.79. The van der Waals surface area contributed by atoms with Crippen LogP contribution < -0.4 is 5.32 Å². The number of nitrogens with one attached hydrogen (secondary N) is 1. The third kappa shape index (κ3) is 4.75. The molecular formula is C13H23NO3. The molecule has 2 unspecified atom stereocenters. The zero-order valence-electron chi connectivity index (χ0n) is 10.7. The molecule has 0 aromatic heterocycles. The first kappa shape index (κ1) is 14.0. The summed E-state index contributed by atoms with van der Waals surface area (Å²) in [6, 6.07) is -0.791. The van der Waals surface area contributed by atoms with Gasteiger partial charge in [0.15, 0.2) is 0 Å². The van der Waals surface area contributed by atoms with Gasteiger partial charge in [0, 0.05) is 6.42 Å². The van der Waals surface area contributed by atoms with Gasteiger partial charge in [0.25, 0.3) is 0 Å². The highest BCUT2D eigenvalue weighted by Crippen LogP contribution is 2.31. The van der Waals surface area contributed by atoms with Gasteiger partial charge in [0.1, 0.15) is 6.04 Å². The molecule has 1 amide bonds. The number of carbonyl (C=O) groups excluding carboxylic acids is 1.